The second-order valence-corrected chi connectivity index (χ2v) is 4.53. The molecule has 1 saturated heterocycles. The first-order valence-corrected chi connectivity index (χ1v) is 5.27. The van der Waals surface area contributed by atoms with E-state index in [1.807, 2.05) is 13.8 Å². The molecule has 0 N–H and O–H groups in total. The molecule has 1 aliphatic heterocycles. The van der Waals surface area contributed by atoms with Crippen LogP contribution in [0.25, 0.3) is 0 Å². The minimum atomic E-state index is -0.506. The van der Waals surface area contributed by atoms with Crippen molar-refractivity contribution in [1.82, 2.24) is 0 Å². The fraction of sp³-hybridized carbons (Fsp3) is 0.818. The molecule has 0 unspecified atom stereocenters. The van der Waals surface area contributed by atoms with Gasteiger partial charge in [-0.25, -0.2) is 0 Å². The van der Waals surface area contributed by atoms with E-state index in [1.165, 1.54) is 7.11 Å². The molecule has 0 aromatic rings. The van der Waals surface area contributed by atoms with Crippen molar-refractivity contribution in [2.45, 2.75) is 33.0 Å². The summed E-state index contributed by atoms with van der Waals surface area (Å²) in [6, 6.07) is 0. The van der Waals surface area contributed by atoms with Crippen LogP contribution in [0.5, 0.6) is 0 Å². The topological polar surface area (TPSA) is 61.8 Å². The van der Waals surface area contributed by atoms with Crippen LogP contribution in [0.1, 0.15) is 26.7 Å². The zero-order valence-corrected chi connectivity index (χ0v) is 9.95. The van der Waals surface area contributed by atoms with Gasteiger partial charge in [-0.3, -0.25) is 9.59 Å². The van der Waals surface area contributed by atoms with Gasteiger partial charge in [-0.2, -0.15) is 0 Å². The molecule has 0 aliphatic carbocycles. The number of carbonyl (C=O) groups excluding carboxylic acids is 2. The van der Waals surface area contributed by atoms with E-state index in [1.54, 1.807) is 0 Å². The van der Waals surface area contributed by atoms with Crippen LogP contribution in [0.4, 0.5) is 0 Å². The van der Waals surface area contributed by atoms with E-state index >= 15 is 0 Å². The van der Waals surface area contributed by atoms with Gasteiger partial charge in [0.2, 0.25) is 0 Å². The summed E-state index contributed by atoms with van der Waals surface area (Å²) < 4.78 is 15.2. The molecule has 16 heavy (non-hydrogen) atoms. The van der Waals surface area contributed by atoms with E-state index in [0.717, 1.165) is 0 Å². The maximum absolute atomic E-state index is 11.6. The van der Waals surface area contributed by atoms with Crippen molar-refractivity contribution >= 4 is 11.8 Å². The molecule has 1 aliphatic rings. The van der Waals surface area contributed by atoms with E-state index in [-0.39, 0.29) is 24.9 Å². The Bertz CT molecular complexity index is 266. The zero-order chi connectivity index (χ0) is 12.2. The summed E-state index contributed by atoms with van der Waals surface area (Å²) in [6.45, 7) is 4.88. The van der Waals surface area contributed by atoms with Crippen molar-refractivity contribution in [3.63, 3.8) is 0 Å². The number of Topliss-reactive ketones (excluding diaryl/α,β-unsaturated/α-hetero) is 1. The summed E-state index contributed by atoms with van der Waals surface area (Å²) in [5.41, 5.74) is -0.415. The van der Waals surface area contributed by atoms with Gasteiger partial charge < -0.3 is 14.2 Å². The van der Waals surface area contributed by atoms with Gasteiger partial charge in [0.1, 0.15) is 12.2 Å². The van der Waals surface area contributed by atoms with E-state index in [2.05, 4.69) is 4.74 Å². The minimum absolute atomic E-state index is 0.157. The Labute approximate surface area is 95.0 Å². The highest BCUT2D eigenvalue weighted by Crippen LogP contribution is 2.31. The Morgan fingerprint density at radius 3 is 2.38 bits per heavy atom. The Morgan fingerprint density at radius 2 is 1.88 bits per heavy atom. The van der Waals surface area contributed by atoms with Gasteiger partial charge >= 0.3 is 5.97 Å². The van der Waals surface area contributed by atoms with Gasteiger partial charge in [-0.15, -0.1) is 0 Å². The lowest BCUT2D eigenvalue weighted by Crippen LogP contribution is -2.33. The molecular weight excluding hydrogens is 212 g/mol. The average molecular weight is 230 g/mol. The number of rotatable bonds is 5. The van der Waals surface area contributed by atoms with Crippen molar-refractivity contribution in [3.05, 3.63) is 0 Å². The molecule has 0 spiro atoms. The van der Waals surface area contributed by atoms with Crippen molar-refractivity contribution in [2.75, 3.05) is 20.3 Å². The van der Waals surface area contributed by atoms with Gasteiger partial charge in [0.15, 0.2) is 6.29 Å². The quantitative estimate of drug-likeness (QED) is 0.519. The highest BCUT2D eigenvalue weighted by Gasteiger charge is 2.36. The van der Waals surface area contributed by atoms with Gasteiger partial charge in [0.25, 0.3) is 0 Å². The molecule has 1 heterocycles. The molecule has 1 rings (SSSR count). The third-order valence-electron chi connectivity index (χ3n) is 2.48. The summed E-state index contributed by atoms with van der Waals surface area (Å²) in [6.07, 6.45) is -0.312. The lowest BCUT2D eigenvalue weighted by molar-refractivity contribution is -0.148. The monoisotopic (exact) mass is 230 g/mol. The highest BCUT2D eigenvalue weighted by atomic mass is 16.7. The zero-order valence-electron chi connectivity index (χ0n) is 9.95. The summed E-state index contributed by atoms with van der Waals surface area (Å²) >= 11 is 0. The number of ketones is 1. The molecule has 0 radical (unpaired) electrons. The molecular formula is C11H18O5. The molecule has 1 fully saturated rings. The predicted molar refractivity (Wildman–Crippen MR) is 55.7 cm³/mol. The van der Waals surface area contributed by atoms with Crippen molar-refractivity contribution in [1.29, 1.82) is 0 Å². The van der Waals surface area contributed by atoms with Gasteiger partial charge in [0, 0.05) is 11.8 Å². The van der Waals surface area contributed by atoms with Crippen molar-refractivity contribution < 1.29 is 23.8 Å². The van der Waals surface area contributed by atoms with E-state index in [0.29, 0.717) is 13.2 Å². The first-order valence-electron chi connectivity index (χ1n) is 5.27. The second-order valence-electron chi connectivity index (χ2n) is 4.53. The lowest BCUT2D eigenvalue weighted by Gasteiger charge is -2.28. The Kier molecular flexibility index (Phi) is 4.44. The molecule has 0 amide bonds. The Balaban J connectivity index is 2.44. The molecule has 0 aromatic carbocycles. The van der Waals surface area contributed by atoms with Crippen LogP contribution < -0.4 is 0 Å². The summed E-state index contributed by atoms with van der Waals surface area (Å²) in [7, 11) is 1.27. The fourth-order valence-electron chi connectivity index (χ4n) is 1.70. The van der Waals surface area contributed by atoms with E-state index in [4.69, 9.17) is 9.47 Å². The third kappa shape index (κ3) is 3.57. The van der Waals surface area contributed by atoms with Crippen molar-refractivity contribution in [3.8, 4) is 0 Å². The molecule has 92 valence electrons. The van der Waals surface area contributed by atoms with Crippen LogP contribution in [0, 0.1) is 5.41 Å². The van der Waals surface area contributed by atoms with Crippen LogP contribution in [0.15, 0.2) is 0 Å². The van der Waals surface area contributed by atoms with E-state index < -0.39 is 11.4 Å². The smallest absolute Gasteiger partial charge is 0.313 e. The Morgan fingerprint density at radius 1 is 1.31 bits per heavy atom. The highest BCUT2D eigenvalue weighted by molar-refractivity contribution is 5.95. The van der Waals surface area contributed by atoms with Crippen molar-refractivity contribution in [2.24, 2.45) is 5.41 Å². The predicted octanol–water partition coefficient (Wildman–Crippen LogP) is 0.908. The van der Waals surface area contributed by atoms with E-state index in [9.17, 15) is 9.59 Å². The molecule has 0 atom stereocenters. The summed E-state index contributed by atoms with van der Waals surface area (Å²) in [5.74, 6) is -0.662. The summed E-state index contributed by atoms with van der Waals surface area (Å²) in [5, 5.41) is 0. The van der Waals surface area contributed by atoms with Gasteiger partial charge in [0.05, 0.1) is 20.3 Å². The fourth-order valence-corrected chi connectivity index (χ4v) is 1.70. The largest absolute Gasteiger partial charge is 0.469 e. The number of esters is 1. The number of hydrogen-bond donors (Lipinski definition) is 0. The van der Waals surface area contributed by atoms with Crippen LogP contribution in [0.2, 0.25) is 0 Å². The molecule has 0 saturated carbocycles. The third-order valence-corrected chi connectivity index (χ3v) is 2.48. The molecule has 0 aromatic heterocycles. The minimum Gasteiger partial charge on any atom is -0.469 e. The normalized spacial score (nSPS) is 17.4. The SMILES string of the molecule is COC(=O)CC(=O)CC(C)(C)C1OCCO1. The van der Waals surface area contributed by atoms with Crippen LogP contribution in [-0.2, 0) is 23.8 Å². The average Bonchev–Trinajstić information content (AvgIpc) is 2.69. The second kappa shape index (κ2) is 5.41. The van der Waals surface area contributed by atoms with Crippen LogP contribution in [0.3, 0.4) is 0 Å². The Hall–Kier alpha value is -0.940. The first kappa shape index (κ1) is 13.1. The molecule has 5 nitrogen and oxygen atoms in total. The standard InChI is InChI=1S/C11H18O5/c1-11(2,10-15-4-5-16-10)7-8(12)6-9(13)14-3/h10H,4-7H2,1-3H3. The van der Waals surface area contributed by atoms with Gasteiger partial charge in [-0.1, -0.05) is 13.8 Å². The maximum atomic E-state index is 11.6. The first-order chi connectivity index (χ1) is 7.45. The lowest BCUT2D eigenvalue weighted by atomic mass is 9.86. The number of hydrogen-bond acceptors (Lipinski definition) is 5. The van der Waals surface area contributed by atoms with Crippen LogP contribution in [-0.4, -0.2) is 38.4 Å². The molecule has 0 bridgehead atoms. The van der Waals surface area contributed by atoms with Crippen LogP contribution >= 0.6 is 0 Å². The van der Waals surface area contributed by atoms with Gasteiger partial charge in [-0.05, 0) is 0 Å². The number of carbonyl (C=O) groups is 2. The number of methoxy groups -OCH3 is 1. The molecule has 5 heteroatoms. The maximum Gasteiger partial charge on any atom is 0.313 e. The number of ether oxygens (including phenoxy) is 3. The summed E-state index contributed by atoms with van der Waals surface area (Å²) in [4.78, 5) is 22.5.